The van der Waals surface area contributed by atoms with E-state index in [0.717, 1.165) is 42.2 Å². The van der Waals surface area contributed by atoms with Gasteiger partial charge < -0.3 is 10.1 Å². The first-order valence-electron chi connectivity index (χ1n) is 13.6. The summed E-state index contributed by atoms with van der Waals surface area (Å²) in [4.78, 5) is 0. The van der Waals surface area contributed by atoms with Crippen LogP contribution in [-0.4, -0.2) is 16.3 Å². The molecule has 38 heavy (non-hydrogen) atoms. The van der Waals surface area contributed by atoms with Crippen LogP contribution in [0, 0.1) is 0 Å². The van der Waals surface area contributed by atoms with Crippen molar-refractivity contribution in [2.45, 2.75) is 38.2 Å². The summed E-state index contributed by atoms with van der Waals surface area (Å²) in [6.45, 7) is 1.53. The highest BCUT2D eigenvalue weighted by molar-refractivity contribution is 5.55. The van der Waals surface area contributed by atoms with Gasteiger partial charge in [0.15, 0.2) is 0 Å². The molecule has 0 atom stereocenters. The molecule has 1 aliphatic heterocycles. The van der Waals surface area contributed by atoms with Crippen molar-refractivity contribution in [2.75, 3.05) is 11.9 Å². The van der Waals surface area contributed by atoms with Gasteiger partial charge in [0.05, 0.1) is 11.4 Å². The van der Waals surface area contributed by atoms with Crippen LogP contribution in [0.1, 0.15) is 46.7 Å². The predicted molar refractivity (Wildman–Crippen MR) is 154 cm³/mol. The van der Waals surface area contributed by atoms with Crippen molar-refractivity contribution in [2.24, 2.45) is 0 Å². The Balaban J connectivity index is 1.31. The monoisotopic (exact) mass is 499 g/mol. The second-order valence-electron chi connectivity index (χ2n) is 9.92. The number of hydrogen-bond acceptors (Lipinski definition) is 3. The van der Waals surface area contributed by atoms with Crippen LogP contribution >= 0.6 is 0 Å². The van der Waals surface area contributed by atoms with Gasteiger partial charge in [-0.05, 0) is 60.2 Å². The maximum Gasteiger partial charge on any atom is 0.133 e. The van der Waals surface area contributed by atoms with E-state index in [1.165, 1.54) is 35.2 Å². The molecule has 0 amide bonds. The van der Waals surface area contributed by atoms with Crippen molar-refractivity contribution >= 4 is 5.82 Å². The summed E-state index contributed by atoms with van der Waals surface area (Å²) >= 11 is 0. The highest BCUT2D eigenvalue weighted by Gasteiger charge is 2.24. The van der Waals surface area contributed by atoms with Crippen molar-refractivity contribution < 1.29 is 4.74 Å². The second kappa shape index (κ2) is 11.4. The van der Waals surface area contributed by atoms with Crippen LogP contribution in [0.4, 0.5) is 5.82 Å². The molecule has 1 aliphatic rings. The standard InChI is InChI=1S/C34H33N3O/c1-4-12-26(13-5-1)25-38-30-21-19-29(20-22-30)37-34-31(18-10-11-23-35-34)33(36-37)24-32(27-14-6-2-7-15-27)28-16-8-3-9-17-28/h1-9,12-17,19-22,32,35H,10-11,18,23-25H2. The molecule has 0 saturated heterocycles. The molecule has 0 spiro atoms. The Morgan fingerprint density at radius 3 is 2.03 bits per heavy atom. The first kappa shape index (κ1) is 24.1. The normalized spacial score (nSPS) is 13.0. The van der Waals surface area contributed by atoms with E-state index in [1.54, 1.807) is 0 Å². The van der Waals surface area contributed by atoms with E-state index < -0.39 is 0 Å². The van der Waals surface area contributed by atoms with E-state index in [4.69, 9.17) is 9.84 Å². The van der Waals surface area contributed by atoms with E-state index in [9.17, 15) is 0 Å². The number of fused-ring (bicyclic) bond motifs is 1. The zero-order chi connectivity index (χ0) is 25.6. The fourth-order valence-electron chi connectivity index (χ4n) is 5.34. The Labute approximate surface area is 224 Å². The Morgan fingerprint density at radius 2 is 1.37 bits per heavy atom. The summed E-state index contributed by atoms with van der Waals surface area (Å²) < 4.78 is 8.13. The van der Waals surface area contributed by atoms with Crippen molar-refractivity contribution in [3.05, 3.63) is 143 Å². The third-order valence-corrected chi connectivity index (χ3v) is 7.34. The van der Waals surface area contributed by atoms with Gasteiger partial charge in [-0.1, -0.05) is 91.0 Å². The number of benzene rings is 4. The lowest BCUT2D eigenvalue weighted by Gasteiger charge is -2.18. The minimum absolute atomic E-state index is 0.252. The molecule has 5 aromatic rings. The van der Waals surface area contributed by atoms with Crippen molar-refractivity contribution in [1.29, 1.82) is 0 Å². The molecule has 0 radical (unpaired) electrons. The van der Waals surface area contributed by atoms with E-state index in [0.29, 0.717) is 6.61 Å². The molecule has 0 saturated carbocycles. The number of nitrogens with zero attached hydrogens (tertiary/aromatic N) is 2. The lowest BCUT2D eigenvalue weighted by Crippen LogP contribution is -2.08. The van der Waals surface area contributed by atoms with Crippen LogP contribution in [0.15, 0.2) is 115 Å². The molecular weight excluding hydrogens is 466 g/mol. The topological polar surface area (TPSA) is 39.1 Å². The van der Waals surface area contributed by atoms with Gasteiger partial charge in [0.1, 0.15) is 18.2 Å². The van der Waals surface area contributed by atoms with E-state index in [-0.39, 0.29) is 5.92 Å². The molecule has 1 N–H and O–H groups in total. The maximum absolute atomic E-state index is 6.03. The lowest BCUT2D eigenvalue weighted by molar-refractivity contribution is 0.306. The highest BCUT2D eigenvalue weighted by Crippen LogP contribution is 2.34. The van der Waals surface area contributed by atoms with Gasteiger partial charge in [0, 0.05) is 24.4 Å². The largest absolute Gasteiger partial charge is 0.489 e. The number of rotatable bonds is 8. The van der Waals surface area contributed by atoms with Gasteiger partial charge in [-0.2, -0.15) is 5.10 Å². The van der Waals surface area contributed by atoms with Crippen LogP contribution in [0.25, 0.3) is 5.69 Å². The zero-order valence-corrected chi connectivity index (χ0v) is 21.6. The summed E-state index contributed by atoms with van der Waals surface area (Å²) in [5.74, 6) is 2.24. The molecule has 0 aliphatic carbocycles. The Bertz CT molecular complexity index is 1410. The van der Waals surface area contributed by atoms with Gasteiger partial charge in [-0.3, -0.25) is 0 Å². The van der Waals surface area contributed by atoms with E-state index in [2.05, 4.69) is 94.9 Å². The SMILES string of the molecule is c1ccc(COc2ccc(-n3nc(CC(c4ccccc4)c4ccccc4)c4c3NCCCC4)cc2)cc1. The highest BCUT2D eigenvalue weighted by atomic mass is 16.5. The van der Waals surface area contributed by atoms with E-state index >= 15 is 0 Å². The summed E-state index contributed by atoms with van der Waals surface area (Å²) in [6, 6.07) is 40.2. The Hall–Kier alpha value is -4.31. The average Bonchev–Trinajstić information content (AvgIpc) is 3.14. The van der Waals surface area contributed by atoms with Crippen LogP contribution in [-0.2, 0) is 19.4 Å². The van der Waals surface area contributed by atoms with Gasteiger partial charge >= 0.3 is 0 Å². The maximum atomic E-state index is 6.03. The zero-order valence-electron chi connectivity index (χ0n) is 21.6. The quantitative estimate of drug-likeness (QED) is 0.239. The molecule has 4 nitrogen and oxygen atoms in total. The average molecular weight is 500 g/mol. The summed E-state index contributed by atoms with van der Waals surface area (Å²) in [7, 11) is 0. The fourth-order valence-corrected chi connectivity index (χ4v) is 5.34. The molecule has 2 heterocycles. The first-order chi connectivity index (χ1) is 18.8. The van der Waals surface area contributed by atoms with Gasteiger partial charge in [-0.15, -0.1) is 0 Å². The minimum atomic E-state index is 0.252. The summed E-state index contributed by atoms with van der Waals surface area (Å²) in [6.07, 6.45) is 4.25. The smallest absolute Gasteiger partial charge is 0.133 e. The molecule has 190 valence electrons. The lowest BCUT2D eigenvalue weighted by atomic mass is 9.86. The van der Waals surface area contributed by atoms with Crippen molar-refractivity contribution in [3.63, 3.8) is 0 Å². The van der Waals surface area contributed by atoms with Gasteiger partial charge in [-0.25, -0.2) is 4.68 Å². The van der Waals surface area contributed by atoms with Crippen molar-refractivity contribution in [1.82, 2.24) is 9.78 Å². The third-order valence-electron chi connectivity index (χ3n) is 7.34. The first-order valence-corrected chi connectivity index (χ1v) is 13.6. The second-order valence-corrected chi connectivity index (χ2v) is 9.92. The minimum Gasteiger partial charge on any atom is -0.489 e. The van der Waals surface area contributed by atoms with Crippen LogP contribution < -0.4 is 10.1 Å². The third kappa shape index (κ3) is 5.35. The number of anilines is 1. The number of nitrogens with one attached hydrogen (secondary N) is 1. The number of ether oxygens (including phenoxy) is 1. The molecule has 4 heteroatoms. The number of hydrogen-bond donors (Lipinski definition) is 1. The molecule has 0 fully saturated rings. The fraction of sp³-hybridized carbons (Fsp3) is 0.206. The van der Waals surface area contributed by atoms with Gasteiger partial charge in [0.2, 0.25) is 0 Å². The molecular formula is C34H33N3O. The summed E-state index contributed by atoms with van der Waals surface area (Å²) in [5, 5.41) is 8.93. The van der Waals surface area contributed by atoms with Crippen molar-refractivity contribution in [3.8, 4) is 11.4 Å². The molecule has 6 rings (SSSR count). The van der Waals surface area contributed by atoms with Crippen LogP contribution in [0.3, 0.4) is 0 Å². The van der Waals surface area contributed by atoms with Crippen LogP contribution in [0.5, 0.6) is 5.75 Å². The van der Waals surface area contributed by atoms with Crippen LogP contribution in [0.2, 0.25) is 0 Å². The molecule has 0 unspecified atom stereocenters. The Morgan fingerprint density at radius 1 is 0.737 bits per heavy atom. The number of aromatic nitrogens is 2. The molecule has 1 aromatic heterocycles. The predicted octanol–water partition coefficient (Wildman–Crippen LogP) is 7.57. The van der Waals surface area contributed by atoms with Gasteiger partial charge in [0.25, 0.3) is 0 Å². The Kier molecular flexibility index (Phi) is 7.21. The van der Waals surface area contributed by atoms with E-state index in [1.807, 2.05) is 30.3 Å². The molecule has 0 bridgehead atoms. The molecule has 4 aromatic carbocycles. The summed E-state index contributed by atoms with van der Waals surface area (Å²) in [5.41, 5.74) is 7.38.